The normalized spacial score (nSPS) is 12.8. The van der Waals surface area contributed by atoms with E-state index in [9.17, 15) is 14.4 Å². The Bertz CT molecular complexity index is 1380. The second-order valence-electron chi connectivity index (χ2n) is 18.8. The van der Waals surface area contributed by atoms with Gasteiger partial charge >= 0.3 is 17.9 Å². The van der Waals surface area contributed by atoms with Crippen LogP contribution in [0.1, 0.15) is 265 Å². The molecular weight excluding hydrogens is 853 g/mol. The fraction of sp³-hybridized carbons (Fsp3) is 0.698. The first-order valence-corrected chi connectivity index (χ1v) is 28.7. The van der Waals surface area contributed by atoms with E-state index in [1.165, 1.54) is 103 Å². The molecule has 0 saturated heterocycles. The monoisotopic (exact) mass is 959 g/mol. The predicted molar refractivity (Wildman–Crippen MR) is 297 cm³/mol. The number of allylic oxidation sites excluding steroid dienone is 16. The molecule has 0 aromatic heterocycles. The Morgan fingerprint density at radius 3 is 0.913 bits per heavy atom. The molecule has 0 N–H and O–H groups in total. The minimum absolute atomic E-state index is 0.0841. The number of ether oxygens (including phenoxy) is 3. The molecule has 0 aliphatic rings. The van der Waals surface area contributed by atoms with Crippen LogP contribution in [-0.2, 0) is 28.6 Å². The van der Waals surface area contributed by atoms with Gasteiger partial charge in [-0.2, -0.15) is 0 Å². The highest BCUT2D eigenvalue weighted by molar-refractivity contribution is 5.71. The quantitative estimate of drug-likeness (QED) is 0.0262. The molecule has 69 heavy (non-hydrogen) atoms. The molecule has 0 aliphatic carbocycles. The minimum Gasteiger partial charge on any atom is -0.462 e. The zero-order chi connectivity index (χ0) is 50.0. The van der Waals surface area contributed by atoms with Crippen LogP contribution in [0.5, 0.6) is 0 Å². The van der Waals surface area contributed by atoms with E-state index in [0.717, 1.165) is 122 Å². The van der Waals surface area contributed by atoms with E-state index in [0.29, 0.717) is 19.3 Å². The fourth-order valence-electron chi connectivity index (χ4n) is 7.77. The first kappa shape index (κ1) is 65.3. The Morgan fingerprint density at radius 1 is 0.304 bits per heavy atom. The summed E-state index contributed by atoms with van der Waals surface area (Å²) in [5.74, 6) is -0.912. The smallest absolute Gasteiger partial charge is 0.306 e. The Kier molecular flexibility index (Phi) is 53.9. The molecule has 394 valence electrons. The summed E-state index contributed by atoms with van der Waals surface area (Å²) in [6.07, 6.45) is 75.8. The zero-order valence-electron chi connectivity index (χ0n) is 45.0. The van der Waals surface area contributed by atoms with Gasteiger partial charge < -0.3 is 14.2 Å². The third-order valence-electron chi connectivity index (χ3n) is 12.1. The van der Waals surface area contributed by atoms with Crippen LogP contribution in [0.3, 0.4) is 0 Å². The van der Waals surface area contributed by atoms with E-state index >= 15 is 0 Å². The molecule has 0 aromatic carbocycles. The van der Waals surface area contributed by atoms with Gasteiger partial charge in [0.05, 0.1) is 0 Å². The van der Waals surface area contributed by atoms with Gasteiger partial charge in [-0.1, -0.05) is 240 Å². The van der Waals surface area contributed by atoms with E-state index in [4.69, 9.17) is 14.2 Å². The van der Waals surface area contributed by atoms with Crippen LogP contribution in [0, 0.1) is 0 Å². The maximum Gasteiger partial charge on any atom is 0.306 e. The molecule has 0 aliphatic heterocycles. The lowest BCUT2D eigenvalue weighted by atomic mass is 10.0. The lowest BCUT2D eigenvalue weighted by Gasteiger charge is -2.18. The Morgan fingerprint density at radius 2 is 0.565 bits per heavy atom. The molecule has 0 radical (unpaired) electrons. The van der Waals surface area contributed by atoms with Crippen molar-refractivity contribution >= 4 is 17.9 Å². The van der Waals surface area contributed by atoms with E-state index in [-0.39, 0.29) is 31.1 Å². The predicted octanol–water partition coefficient (Wildman–Crippen LogP) is 19.3. The van der Waals surface area contributed by atoms with Crippen molar-refractivity contribution in [1.82, 2.24) is 0 Å². The summed E-state index contributed by atoms with van der Waals surface area (Å²) < 4.78 is 16.7. The maximum atomic E-state index is 12.8. The number of unbranched alkanes of at least 4 members (excludes halogenated alkanes) is 24. The average Bonchev–Trinajstić information content (AvgIpc) is 3.35. The van der Waals surface area contributed by atoms with Gasteiger partial charge in [-0.3, -0.25) is 14.4 Å². The number of carbonyl (C=O) groups excluding carboxylic acids is 3. The van der Waals surface area contributed by atoms with Gasteiger partial charge in [0.2, 0.25) is 0 Å². The molecule has 0 fully saturated rings. The van der Waals surface area contributed by atoms with Gasteiger partial charge in [0.1, 0.15) is 13.2 Å². The summed E-state index contributed by atoms with van der Waals surface area (Å²) in [7, 11) is 0. The van der Waals surface area contributed by atoms with Crippen LogP contribution in [0.4, 0.5) is 0 Å². The molecule has 0 spiro atoms. The fourth-order valence-corrected chi connectivity index (χ4v) is 7.77. The van der Waals surface area contributed by atoms with Crippen molar-refractivity contribution in [3.63, 3.8) is 0 Å². The maximum absolute atomic E-state index is 12.8. The van der Waals surface area contributed by atoms with Crippen LogP contribution in [-0.4, -0.2) is 37.2 Å². The summed E-state index contributed by atoms with van der Waals surface area (Å²) >= 11 is 0. The van der Waals surface area contributed by atoms with E-state index in [1.54, 1.807) is 0 Å². The molecule has 0 amide bonds. The molecule has 0 rings (SSSR count). The van der Waals surface area contributed by atoms with E-state index in [1.807, 2.05) is 0 Å². The first-order chi connectivity index (χ1) is 34.0. The standard InChI is InChI=1S/C63H106O6/c1-4-7-10-13-15-17-19-21-23-25-27-28-29-30-31-32-33-34-36-37-39-41-43-45-47-50-53-56-62(65)68-59-60(58-67-61(64)55-52-49-12-9-6-3)69-63(66)57-54-51-48-46-44-42-40-38-35-26-24-22-20-18-16-14-11-8-5-2/h7,10,15-18,21-24,27-28,30-31,35,38,60H,4-6,8-9,11-14,19-20,25-26,29,32-34,36-37,39-59H2,1-3H3/b10-7-,17-15-,18-16-,23-21-,24-22-,28-27-,31-30-,38-35-. The lowest BCUT2D eigenvalue weighted by Crippen LogP contribution is -2.30. The van der Waals surface area contributed by atoms with Crippen molar-refractivity contribution in [1.29, 1.82) is 0 Å². The van der Waals surface area contributed by atoms with Crippen molar-refractivity contribution < 1.29 is 28.6 Å². The highest BCUT2D eigenvalue weighted by Gasteiger charge is 2.19. The van der Waals surface area contributed by atoms with Crippen molar-refractivity contribution in [3.05, 3.63) is 97.2 Å². The average molecular weight is 960 g/mol. The number of rotatable bonds is 51. The molecule has 0 aromatic rings. The molecule has 0 saturated carbocycles. The highest BCUT2D eigenvalue weighted by atomic mass is 16.6. The van der Waals surface area contributed by atoms with Gasteiger partial charge in [0.25, 0.3) is 0 Å². The van der Waals surface area contributed by atoms with Gasteiger partial charge in [0, 0.05) is 19.3 Å². The van der Waals surface area contributed by atoms with Crippen LogP contribution >= 0.6 is 0 Å². The number of esters is 3. The topological polar surface area (TPSA) is 78.9 Å². The zero-order valence-corrected chi connectivity index (χ0v) is 45.0. The van der Waals surface area contributed by atoms with E-state index < -0.39 is 6.10 Å². The van der Waals surface area contributed by atoms with Gasteiger partial charge in [-0.25, -0.2) is 0 Å². The molecule has 6 heteroatoms. The second-order valence-corrected chi connectivity index (χ2v) is 18.8. The summed E-state index contributed by atoms with van der Waals surface area (Å²) in [4.78, 5) is 37.8. The van der Waals surface area contributed by atoms with Crippen LogP contribution in [0.2, 0.25) is 0 Å². The SMILES string of the molecule is CC/C=C\C/C=C\C/C=C\C/C=C\C/C=C\CCCCCCCCCCCCCC(=O)OCC(COC(=O)CCCCCCC)OC(=O)CCCCCCCC/C=C\C/C=C\C/C=C\CCCCC. The van der Waals surface area contributed by atoms with E-state index in [2.05, 4.69) is 118 Å². The Balaban J connectivity index is 4.11. The first-order valence-electron chi connectivity index (χ1n) is 28.7. The summed E-state index contributed by atoms with van der Waals surface area (Å²) in [6.45, 7) is 6.41. The molecule has 1 unspecified atom stereocenters. The second kappa shape index (κ2) is 56.9. The lowest BCUT2D eigenvalue weighted by molar-refractivity contribution is -0.167. The van der Waals surface area contributed by atoms with Gasteiger partial charge in [-0.15, -0.1) is 0 Å². The Labute approximate surface area is 426 Å². The molecule has 6 nitrogen and oxygen atoms in total. The number of carbonyl (C=O) groups is 3. The summed E-state index contributed by atoms with van der Waals surface area (Å²) in [6, 6.07) is 0. The van der Waals surface area contributed by atoms with Crippen LogP contribution < -0.4 is 0 Å². The van der Waals surface area contributed by atoms with Crippen molar-refractivity contribution in [3.8, 4) is 0 Å². The van der Waals surface area contributed by atoms with Gasteiger partial charge in [0.15, 0.2) is 6.10 Å². The molecular formula is C63H106O6. The van der Waals surface area contributed by atoms with Crippen LogP contribution in [0.15, 0.2) is 97.2 Å². The molecule has 1 atom stereocenters. The largest absolute Gasteiger partial charge is 0.462 e. The highest BCUT2D eigenvalue weighted by Crippen LogP contribution is 2.15. The Hall–Kier alpha value is -3.67. The van der Waals surface area contributed by atoms with Crippen molar-refractivity contribution in [2.24, 2.45) is 0 Å². The number of hydrogen-bond acceptors (Lipinski definition) is 6. The summed E-state index contributed by atoms with van der Waals surface area (Å²) in [5, 5.41) is 0. The third kappa shape index (κ3) is 55.1. The van der Waals surface area contributed by atoms with Crippen molar-refractivity contribution in [2.45, 2.75) is 271 Å². The van der Waals surface area contributed by atoms with Gasteiger partial charge in [-0.05, 0) is 103 Å². The van der Waals surface area contributed by atoms with Crippen molar-refractivity contribution in [2.75, 3.05) is 13.2 Å². The third-order valence-corrected chi connectivity index (χ3v) is 12.1. The molecule has 0 heterocycles. The molecule has 0 bridgehead atoms. The summed E-state index contributed by atoms with van der Waals surface area (Å²) in [5.41, 5.74) is 0. The number of hydrogen-bond donors (Lipinski definition) is 0. The minimum atomic E-state index is -0.782. The van der Waals surface area contributed by atoms with Crippen LogP contribution in [0.25, 0.3) is 0 Å².